The zero-order valence-corrected chi connectivity index (χ0v) is 10.8. The first-order valence-corrected chi connectivity index (χ1v) is 6.33. The lowest BCUT2D eigenvalue weighted by atomic mass is 10.0. The van der Waals surface area contributed by atoms with E-state index in [9.17, 15) is 9.18 Å². The fourth-order valence-corrected chi connectivity index (χ4v) is 2.64. The van der Waals surface area contributed by atoms with Crippen molar-refractivity contribution in [3.05, 3.63) is 47.7 Å². The molecule has 1 aliphatic heterocycles. The van der Waals surface area contributed by atoms with Gasteiger partial charge < -0.3 is 11.1 Å². The van der Waals surface area contributed by atoms with Crippen LogP contribution >= 0.6 is 0 Å². The summed E-state index contributed by atoms with van der Waals surface area (Å²) in [6.07, 6.45) is 4.84. The summed E-state index contributed by atoms with van der Waals surface area (Å²) in [5, 5.41) is 2.74. The summed E-state index contributed by atoms with van der Waals surface area (Å²) >= 11 is 0. The summed E-state index contributed by atoms with van der Waals surface area (Å²) in [4.78, 5) is 20.1. The summed E-state index contributed by atoms with van der Waals surface area (Å²) in [7, 11) is 0. The lowest BCUT2D eigenvalue weighted by molar-refractivity contribution is 0.0966. The number of nitrogens with zero attached hydrogens (tertiary/aromatic N) is 3. The van der Waals surface area contributed by atoms with Crippen LogP contribution in [0.5, 0.6) is 0 Å². The minimum Gasteiger partial charge on any atom is -0.383 e. The number of hydrogen-bond acceptors (Lipinski definition) is 4. The highest BCUT2D eigenvalue weighted by atomic mass is 19.1. The first-order valence-electron chi connectivity index (χ1n) is 6.33. The van der Waals surface area contributed by atoms with E-state index >= 15 is 0 Å². The van der Waals surface area contributed by atoms with Gasteiger partial charge in [0.15, 0.2) is 0 Å². The number of imidazole rings is 1. The van der Waals surface area contributed by atoms with Crippen molar-refractivity contribution in [2.75, 3.05) is 5.73 Å². The van der Waals surface area contributed by atoms with Crippen LogP contribution in [0.3, 0.4) is 0 Å². The molecule has 0 radical (unpaired) electrons. The number of rotatable bonds is 1. The summed E-state index contributed by atoms with van der Waals surface area (Å²) < 4.78 is 15.0. The Morgan fingerprint density at radius 2 is 2.19 bits per heavy atom. The molecule has 21 heavy (non-hydrogen) atoms. The number of nitrogens with one attached hydrogen (secondary N) is 1. The van der Waals surface area contributed by atoms with Crippen molar-refractivity contribution < 1.29 is 9.18 Å². The van der Waals surface area contributed by atoms with Gasteiger partial charge >= 0.3 is 0 Å². The molecule has 3 N–H and O–H groups in total. The molecule has 0 aromatic carbocycles. The number of carbonyl (C=O) groups is 1. The van der Waals surface area contributed by atoms with Gasteiger partial charge in [-0.1, -0.05) is 0 Å². The molecule has 3 aromatic heterocycles. The highest BCUT2D eigenvalue weighted by Crippen LogP contribution is 2.31. The van der Waals surface area contributed by atoms with Crippen LogP contribution in [0.25, 0.3) is 16.9 Å². The molecule has 4 heterocycles. The SMILES string of the molecule is Nc1ncc(-c2cnc3cc(F)ccn23)c2c1C(=O)NC2. The van der Waals surface area contributed by atoms with Gasteiger partial charge in [-0.3, -0.25) is 9.20 Å². The molecule has 0 unspecified atom stereocenters. The van der Waals surface area contributed by atoms with Gasteiger partial charge in [0, 0.05) is 30.6 Å². The molecule has 3 aromatic rings. The number of carbonyl (C=O) groups excluding carboxylic acids is 1. The predicted molar refractivity (Wildman–Crippen MR) is 74.0 cm³/mol. The van der Waals surface area contributed by atoms with Crippen LogP contribution in [-0.2, 0) is 6.54 Å². The van der Waals surface area contributed by atoms with Crippen molar-refractivity contribution in [2.24, 2.45) is 0 Å². The fraction of sp³-hybridized carbons (Fsp3) is 0.0714. The lowest BCUT2D eigenvalue weighted by Gasteiger charge is -2.08. The van der Waals surface area contributed by atoms with Crippen molar-refractivity contribution in [1.82, 2.24) is 19.7 Å². The van der Waals surface area contributed by atoms with Crippen LogP contribution < -0.4 is 11.1 Å². The highest BCUT2D eigenvalue weighted by molar-refractivity contribution is 6.04. The number of pyridine rings is 2. The molecule has 1 aliphatic rings. The number of nitrogens with two attached hydrogens (primary N) is 1. The maximum Gasteiger partial charge on any atom is 0.255 e. The average Bonchev–Trinajstić information content (AvgIpc) is 3.04. The maximum absolute atomic E-state index is 13.2. The van der Waals surface area contributed by atoms with Crippen LogP contribution in [0, 0.1) is 5.82 Å². The predicted octanol–water partition coefficient (Wildman–Crippen LogP) is 1.36. The Morgan fingerprint density at radius 3 is 3.05 bits per heavy atom. The van der Waals surface area contributed by atoms with Gasteiger partial charge in [-0.25, -0.2) is 14.4 Å². The highest BCUT2D eigenvalue weighted by Gasteiger charge is 2.26. The topological polar surface area (TPSA) is 85.3 Å². The Bertz CT molecular complexity index is 902. The Hall–Kier alpha value is -2.96. The third-order valence-electron chi connectivity index (χ3n) is 3.62. The molecule has 0 saturated carbocycles. The summed E-state index contributed by atoms with van der Waals surface area (Å²) in [6, 6.07) is 2.70. The molecule has 7 heteroatoms. The third-order valence-corrected chi connectivity index (χ3v) is 3.62. The van der Waals surface area contributed by atoms with E-state index in [1.54, 1.807) is 23.0 Å². The number of halogens is 1. The normalized spacial score (nSPS) is 13.5. The smallest absolute Gasteiger partial charge is 0.255 e. The number of aromatic nitrogens is 3. The Balaban J connectivity index is 2.00. The second kappa shape index (κ2) is 4.02. The van der Waals surface area contributed by atoms with Gasteiger partial charge in [-0.15, -0.1) is 0 Å². The molecule has 0 atom stereocenters. The second-order valence-corrected chi connectivity index (χ2v) is 4.81. The molecular weight excluding hydrogens is 273 g/mol. The summed E-state index contributed by atoms with van der Waals surface area (Å²) in [6.45, 7) is 0.394. The molecule has 0 bridgehead atoms. The Morgan fingerprint density at radius 1 is 1.33 bits per heavy atom. The van der Waals surface area contributed by atoms with Crippen LogP contribution in [0.1, 0.15) is 15.9 Å². The van der Waals surface area contributed by atoms with Gasteiger partial charge in [0.2, 0.25) is 0 Å². The van der Waals surface area contributed by atoms with E-state index in [0.717, 1.165) is 16.8 Å². The van der Waals surface area contributed by atoms with Crippen molar-refractivity contribution in [2.45, 2.75) is 6.54 Å². The van der Waals surface area contributed by atoms with Gasteiger partial charge in [-0.05, 0) is 11.6 Å². The van der Waals surface area contributed by atoms with Gasteiger partial charge in [0.1, 0.15) is 17.3 Å². The van der Waals surface area contributed by atoms with Gasteiger partial charge in [0.05, 0.1) is 17.5 Å². The molecule has 0 fully saturated rings. The molecule has 104 valence electrons. The first-order chi connectivity index (χ1) is 10.1. The number of anilines is 1. The van der Waals surface area contributed by atoms with Crippen molar-refractivity contribution in [3.8, 4) is 11.3 Å². The number of fused-ring (bicyclic) bond motifs is 2. The van der Waals surface area contributed by atoms with E-state index in [2.05, 4.69) is 15.3 Å². The fourth-order valence-electron chi connectivity index (χ4n) is 2.64. The largest absolute Gasteiger partial charge is 0.383 e. The van der Waals surface area contributed by atoms with E-state index in [1.807, 2.05) is 0 Å². The van der Waals surface area contributed by atoms with Crippen LogP contribution in [0.4, 0.5) is 10.2 Å². The van der Waals surface area contributed by atoms with Crippen molar-refractivity contribution >= 4 is 17.4 Å². The second-order valence-electron chi connectivity index (χ2n) is 4.81. The molecule has 4 rings (SSSR count). The molecule has 0 aliphatic carbocycles. The average molecular weight is 283 g/mol. The van der Waals surface area contributed by atoms with Crippen LogP contribution in [-0.4, -0.2) is 20.3 Å². The van der Waals surface area contributed by atoms with Crippen molar-refractivity contribution in [3.63, 3.8) is 0 Å². The number of hydrogen-bond donors (Lipinski definition) is 2. The summed E-state index contributed by atoms with van der Waals surface area (Å²) in [5.41, 5.74) is 8.97. The quantitative estimate of drug-likeness (QED) is 0.706. The minimum atomic E-state index is -0.350. The zero-order chi connectivity index (χ0) is 14.6. The van der Waals surface area contributed by atoms with Gasteiger partial charge in [0.25, 0.3) is 5.91 Å². The maximum atomic E-state index is 13.2. The standard InChI is InChI=1S/C14H10FN5O/c15-7-1-2-20-10(6-17-11(20)3-7)8-4-18-13(16)12-9(8)5-19-14(12)21/h1-4,6H,5H2,(H2,16,18)(H,19,21). The first kappa shape index (κ1) is 11.8. The van der Waals surface area contributed by atoms with E-state index in [1.165, 1.54) is 12.1 Å². The van der Waals surface area contributed by atoms with E-state index in [4.69, 9.17) is 5.73 Å². The third kappa shape index (κ3) is 1.60. The number of amides is 1. The van der Waals surface area contributed by atoms with Crippen LogP contribution in [0.15, 0.2) is 30.7 Å². The molecule has 1 amide bonds. The monoisotopic (exact) mass is 283 g/mol. The Kier molecular flexibility index (Phi) is 2.26. The zero-order valence-electron chi connectivity index (χ0n) is 10.8. The molecular formula is C14H10FN5O. The van der Waals surface area contributed by atoms with Crippen LogP contribution in [0.2, 0.25) is 0 Å². The summed E-state index contributed by atoms with van der Waals surface area (Å²) in [5.74, 6) is -0.363. The van der Waals surface area contributed by atoms with E-state index < -0.39 is 0 Å². The van der Waals surface area contributed by atoms with Crippen molar-refractivity contribution in [1.29, 1.82) is 0 Å². The number of nitrogen functional groups attached to an aromatic ring is 1. The van der Waals surface area contributed by atoms with E-state index in [0.29, 0.717) is 17.8 Å². The minimum absolute atomic E-state index is 0.212. The van der Waals surface area contributed by atoms with Gasteiger partial charge in [-0.2, -0.15) is 0 Å². The molecule has 0 saturated heterocycles. The molecule has 6 nitrogen and oxygen atoms in total. The molecule has 0 spiro atoms. The van der Waals surface area contributed by atoms with E-state index in [-0.39, 0.29) is 17.5 Å². The lowest BCUT2D eigenvalue weighted by Crippen LogP contribution is -2.13. The Labute approximate surface area is 118 Å².